The summed E-state index contributed by atoms with van der Waals surface area (Å²) in [5.41, 5.74) is 8.23. The molecule has 102 valence electrons. The van der Waals surface area contributed by atoms with Crippen molar-refractivity contribution in [2.75, 3.05) is 11.9 Å². The van der Waals surface area contributed by atoms with E-state index in [1.807, 2.05) is 32.2 Å². The van der Waals surface area contributed by atoms with Crippen molar-refractivity contribution >= 4 is 11.6 Å². The van der Waals surface area contributed by atoms with E-state index in [1.165, 1.54) is 0 Å². The number of benzene rings is 1. The average molecular weight is 268 g/mol. The Bertz CT molecular complexity index is 691. The van der Waals surface area contributed by atoms with E-state index in [4.69, 9.17) is 5.73 Å². The monoisotopic (exact) mass is 268 g/mol. The number of rotatable bonds is 2. The highest BCUT2D eigenvalue weighted by Gasteiger charge is 2.10. The third kappa shape index (κ3) is 3.25. The molecule has 3 N–H and O–H groups in total. The molecular formula is C15H16N4O. The first-order chi connectivity index (χ1) is 9.60. The summed E-state index contributed by atoms with van der Waals surface area (Å²) in [4.78, 5) is 16.1. The first-order valence-electron chi connectivity index (χ1n) is 6.19. The number of hydrogen-bond acceptors (Lipinski definition) is 3. The van der Waals surface area contributed by atoms with Crippen LogP contribution in [0.1, 0.15) is 21.6 Å². The summed E-state index contributed by atoms with van der Waals surface area (Å²) in [6.45, 7) is 2.25. The summed E-state index contributed by atoms with van der Waals surface area (Å²) < 4.78 is 1.72. The SMILES string of the molecule is Cc1ccc(NC(=O)c2cn(C)cn2)c(C#CCN)c1. The molecule has 1 heterocycles. The molecule has 0 bridgehead atoms. The number of carbonyl (C=O) groups is 1. The molecule has 0 aliphatic rings. The van der Waals surface area contributed by atoms with Gasteiger partial charge >= 0.3 is 0 Å². The second-order valence-electron chi connectivity index (χ2n) is 4.43. The van der Waals surface area contributed by atoms with Crippen molar-refractivity contribution in [2.24, 2.45) is 12.8 Å². The highest BCUT2D eigenvalue weighted by Crippen LogP contribution is 2.17. The topological polar surface area (TPSA) is 72.9 Å². The lowest BCUT2D eigenvalue weighted by Gasteiger charge is -2.07. The van der Waals surface area contributed by atoms with Crippen LogP contribution in [0, 0.1) is 18.8 Å². The number of aromatic nitrogens is 2. The lowest BCUT2D eigenvalue weighted by atomic mass is 10.1. The molecule has 1 amide bonds. The normalized spacial score (nSPS) is 9.75. The molecule has 5 heteroatoms. The molecule has 0 atom stereocenters. The van der Waals surface area contributed by atoms with Gasteiger partial charge < -0.3 is 15.6 Å². The van der Waals surface area contributed by atoms with Crippen molar-refractivity contribution in [1.82, 2.24) is 9.55 Å². The van der Waals surface area contributed by atoms with Crippen LogP contribution in [0.4, 0.5) is 5.69 Å². The van der Waals surface area contributed by atoms with Gasteiger partial charge in [0.1, 0.15) is 5.69 Å². The molecule has 2 rings (SSSR count). The van der Waals surface area contributed by atoms with Crippen LogP contribution in [0.3, 0.4) is 0 Å². The van der Waals surface area contributed by atoms with Gasteiger partial charge in [0.25, 0.3) is 5.91 Å². The van der Waals surface area contributed by atoms with Crippen LogP contribution in [0.2, 0.25) is 0 Å². The zero-order chi connectivity index (χ0) is 14.5. The second kappa shape index (κ2) is 6.04. The van der Waals surface area contributed by atoms with E-state index in [0.29, 0.717) is 11.4 Å². The molecule has 5 nitrogen and oxygen atoms in total. The van der Waals surface area contributed by atoms with E-state index < -0.39 is 0 Å². The minimum absolute atomic E-state index is 0.259. The summed E-state index contributed by atoms with van der Waals surface area (Å²) in [5.74, 6) is 5.50. The molecule has 0 spiro atoms. The highest BCUT2D eigenvalue weighted by molar-refractivity contribution is 6.03. The van der Waals surface area contributed by atoms with Crippen LogP contribution in [0.5, 0.6) is 0 Å². The highest BCUT2D eigenvalue weighted by atomic mass is 16.1. The Morgan fingerprint density at radius 2 is 2.30 bits per heavy atom. The molecule has 1 aromatic carbocycles. The molecule has 1 aromatic heterocycles. The van der Waals surface area contributed by atoms with Gasteiger partial charge in [-0.3, -0.25) is 4.79 Å². The molecule has 2 aromatic rings. The zero-order valence-electron chi connectivity index (χ0n) is 11.5. The van der Waals surface area contributed by atoms with Crippen LogP contribution in [-0.2, 0) is 7.05 Å². The van der Waals surface area contributed by atoms with Gasteiger partial charge in [-0.25, -0.2) is 4.98 Å². The summed E-state index contributed by atoms with van der Waals surface area (Å²) in [6.07, 6.45) is 3.24. The van der Waals surface area contributed by atoms with Crippen molar-refractivity contribution in [3.05, 3.63) is 47.5 Å². The fourth-order valence-electron chi connectivity index (χ4n) is 1.73. The minimum Gasteiger partial charge on any atom is -0.340 e. The van der Waals surface area contributed by atoms with Crippen molar-refractivity contribution in [1.29, 1.82) is 0 Å². The van der Waals surface area contributed by atoms with Gasteiger partial charge in [0, 0.05) is 18.8 Å². The predicted octanol–water partition coefficient (Wildman–Crippen LogP) is 1.29. The molecule has 0 saturated heterocycles. The Hall–Kier alpha value is -2.58. The van der Waals surface area contributed by atoms with Crippen LogP contribution in [0.25, 0.3) is 0 Å². The lowest BCUT2D eigenvalue weighted by molar-refractivity contribution is 0.102. The fraction of sp³-hybridized carbons (Fsp3) is 0.200. The van der Waals surface area contributed by atoms with E-state index >= 15 is 0 Å². The Morgan fingerprint density at radius 1 is 1.50 bits per heavy atom. The van der Waals surface area contributed by atoms with Crippen LogP contribution in [0.15, 0.2) is 30.7 Å². The van der Waals surface area contributed by atoms with Gasteiger partial charge in [-0.1, -0.05) is 17.9 Å². The summed E-state index contributed by atoms with van der Waals surface area (Å²) in [6, 6.07) is 5.66. The van der Waals surface area contributed by atoms with Gasteiger partial charge in [0.05, 0.1) is 18.6 Å². The van der Waals surface area contributed by atoms with Crippen LogP contribution < -0.4 is 11.1 Å². The number of anilines is 1. The van der Waals surface area contributed by atoms with Crippen molar-refractivity contribution < 1.29 is 4.79 Å². The number of nitrogens with one attached hydrogen (secondary N) is 1. The van der Waals surface area contributed by atoms with Crippen LogP contribution >= 0.6 is 0 Å². The molecule has 0 radical (unpaired) electrons. The van der Waals surface area contributed by atoms with E-state index in [-0.39, 0.29) is 12.5 Å². The summed E-state index contributed by atoms with van der Waals surface area (Å²) in [5, 5.41) is 2.82. The lowest BCUT2D eigenvalue weighted by Crippen LogP contribution is -2.13. The van der Waals surface area contributed by atoms with Crippen molar-refractivity contribution in [3.63, 3.8) is 0 Å². The number of carbonyl (C=O) groups excluding carboxylic acids is 1. The molecular weight excluding hydrogens is 252 g/mol. The van der Waals surface area contributed by atoms with E-state index in [0.717, 1.165) is 11.1 Å². The summed E-state index contributed by atoms with van der Waals surface area (Å²) in [7, 11) is 1.81. The third-order valence-electron chi connectivity index (χ3n) is 2.69. The Kier molecular flexibility index (Phi) is 4.18. The number of hydrogen-bond donors (Lipinski definition) is 2. The molecule has 0 saturated carbocycles. The van der Waals surface area contributed by atoms with Gasteiger partial charge in [0.2, 0.25) is 0 Å². The smallest absolute Gasteiger partial charge is 0.275 e. The van der Waals surface area contributed by atoms with E-state index in [2.05, 4.69) is 22.1 Å². The maximum atomic E-state index is 12.1. The zero-order valence-corrected chi connectivity index (χ0v) is 11.5. The maximum Gasteiger partial charge on any atom is 0.275 e. The standard InChI is InChI=1S/C15H16N4O/c1-11-5-6-13(12(8-11)4-3-7-16)18-15(20)14-9-19(2)10-17-14/h5-6,8-10H,7,16H2,1-2H3,(H,18,20). The van der Waals surface area contributed by atoms with Gasteiger partial charge in [-0.15, -0.1) is 0 Å². The number of nitrogens with two attached hydrogens (primary N) is 1. The third-order valence-corrected chi connectivity index (χ3v) is 2.69. The Balaban J connectivity index is 2.26. The van der Waals surface area contributed by atoms with Crippen LogP contribution in [-0.4, -0.2) is 22.0 Å². The van der Waals surface area contributed by atoms with Crippen molar-refractivity contribution in [3.8, 4) is 11.8 Å². The molecule has 0 aliphatic heterocycles. The number of nitrogens with zero attached hydrogens (tertiary/aromatic N) is 2. The number of amides is 1. The number of aryl methyl sites for hydroxylation is 2. The minimum atomic E-state index is -0.259. The maximum absolute atomic E-state index is 12.1. The quantitative estimate of drug-likeness (QED) is 0.806. The summed E-state index contributed by atoms with van der Waals surface area (Å²) >= 11 is 0. The molecule has 20 heavy (non-hydrogen) atoms. The van der Waals surface area contributed by atoms with Gasteiger partial charge in [-0.05, 0) is 24.6 Å². The predicted molar refractivity (Wildman–Crippen MR) is 78.3 cm³/mol. The van der Waals surface area contributed by atoms with Gasteiger partial charge in [-0.2, -0.15) is 0 Å². The van der Waals surface area contributed by atoms with E-state index in [9.17, 15) is 4.79 Å². The first-order valence-corrected chi connectivity index (χ1v) is 6.19. The van der Waals surface area contributed by atoms with Gasteiger partial charge in [0.15, 0.2) is 0 Å². The first kappa shape index (κ1) is 13.8. The largest absolute Gasteiger partial charge is 0.340 e. The average Bonchev–Trinajstić information content (AvgIpc) is 2.85. The Morgan fingerprint density at radius 3 is 2.95 bits per heavy atom. The molecule has 0 fully saturated rings. The fourth-order valence-corrected chi connectivity index (χ4v) is 1.73. The van der Waals surface area contributed by atoms with E-state index in [1.54, 1.807) is 17.1 Å². The second-order valence-corrected chi connectivity index (χ2v) is 4.43. The van der Waals surface area contributed by atoms with Crippen molar-refractivity contribution in [2.45, 2.75) is 6.92 Å². The number of imidazole rings is 1. The molecule has 0 unspecified atom stereocenters. The Labute approximate surface area is 117 Å². The molecule has 0 aliphatic carbocycles.